The van der Waals surface area contributed by atoms with Gasteiger partial charge >= 0.3 is 5.97 Å². The molecule has 76 valence electrons. The average molecular weight is 189 g/mol. The zero-order valence-electron chi connectivity index (χ0n) is 8.01. The highest BCUT2D eigenvalue weighted by molar-refractivity contribution is 5.78. The number of rotatable bonds is 3. The van der Waals surface area contributed by atoms with Gasteiger partial charge < -0.3 is 4.84 Å². The molecule has 0 bridgehead atoms. The molecular weight excluding hydrogens is 174 g/mol. The lowest BCUT2D eigenvalue weighted by molar-refractivity contribution is -0.161. The Morgan fingerprint density at radius 3 is 2.31 bits per heavy atom. The van der Waals surface area contributed by atoms with Crippen LogP contribution in [-0.4, -0.2) is 18.4 Å². The highest BCUT2D eigenvalue weighted by Crippen LogP contribution is 2.13. The van der Waals surface area contributed by atoms with E-state index in [1.165, 1.54) is 0 Å². The fraction of sp³-hybridized carbons (Fsp3) is 0.714. The molecule has 0 aromatic rings. The van der Waals surface area contributed by atoms with E-state index in [-0.39, 0.29) is 6.54 Å². The number of nitrogens with one attached hydrogen (secondary N) is 2. The molecule has 0 aliphatic rings. The molecule has 0 atom stereocenters. The van der Waals surface area contributed by atoms with Gasteiger partial charge in [0.1, 0.15) is 6.54 Å². The second kappa shape index (κ2) is 4.78. The molecule has 0 radical (unpaired) electrons. The first kappa shape index (κ1) is 11.9. The Bertz CT molecular complexity index is 198. The van der Waals surface area contributed by atoms with Crippen LogP contribution in [0.15, 0.2) is 0 Å². The number of hydrogen-bond donors (Lipinski definition) is 3. The summed E-state index contributed by atoms with van der Waals surface area (Å²) in [6, 6.07) is 0. The first-order chi connectivity index (χ1) is 5.88. The van der Waals surface area contributed by atoms with Crippen LogP contribution >= 0.6 is 0 Å². The van der Waals surface area contributed by atoms with Gasteiger partial charge in [-0.3, -0.25) is 10.2 Å². The fourth-order valence-electron chi connectivity index (χ4n) is 0.371. The maximum atomic E-state index is 11.1. The lowest BCUT2D eigenvalue weighted by atomic mass is 9.98. The third kappa shape index (κ3) is 5.15. The van der Waals surface area contributed by atoms with E-state index in [1.54, 1.807) is 20.8 Å². The van der Waals surface area contributed by atoms with Gasteiger partial charge in [-0.1, -0.05) is 0 Å². The van der Waals surface area contributed by atoms with Crippen LogP contribution in [0.3, 0.4) is 0 Å². The van der Waals surface area contributed by atoms with Crippen molar-refractivity contribution in [3.63, 3.8) is 0 Å². The SMILES string of the molecule is CC(C)(C)C(=O)ONCC(=O)NN. The zero-order chi connectivity index (χ0) is 10.5. The van der Waals surface area contributed by atoms with E-state index in [4.69, 9.17) is 5.84 Å². The molecule has 0 aromatic heterocycles. The molecule has 0 aromatic carbocycles. The highest BCUT2D eigenvalue weighted by atomic mass is 16.7. The predicted octanol–water partition coefficient (Wildman–Crippen LogP) is -0.930. The van der Waals surface area contributed by atoms with Gasteiger partial charge in [0.05, 0.1) is 5.41 Å². The maximum Gasteiger partial charge on any atom is 0.329 e. The van der Waals surface area contributed by atoms with Crippen molar-refractivity contribution in [2.75, 3.05) is 6.54 Å². The van der Waals surface area contributed by atoms with Crippen LogP contribution in [0, 0.1) is 5.41 Å². The number of hydrogen-bond acceptors (Lipinski definition) is 5. The predicted molar refractivity (Wildman–Crippen MR) is 45.9 cm³/mol. The van der Waals surface area contributed by atoms with E-state index in [1.807, 2.05) is 5.43 Å². The second-order valence-corrected chi connectivity index (χ2v) is 3.53. The lowest BCUT2D eigenvalue weighted by Gasteiger charge is -2.15. The van der Waals surface area contributed by atoms with Crippen LogP contribution in [0.2, 0.25) is 0 Å². The van der Waals surface area contributed by atoms with Crippen LogP contribution in [0.4, 0.5) is 0 Å². The Labute approximate surface area is 76.7 Å². The molecule has 0 spiro atoms. The maximum absolute atomic E-state index is 11.1. The number of hydroxylamine groups is 1. The fourth-order valence-corrected chi connectivity index (χ4v) is 0.371. The smallest absolute Gasteiger partial charge is 0.329 e. The van der Waals surface area contributed by atoms with Crippen LogP contribution in [0.5, 0.6) is 0 Å². The van der Waals surface area contributed by atoms with Gasteiger partial charge in [0.25, 0.3) is 5.91 Å². The minimum atomic E-state index is -0.591. The van der Waals surface area contributed by atoms with Gasteiger partial charge in [-0.25, -0.2) is 10.6 Å². The molecule has 13 heavy (non-hydrogen) atoms. The van der Waals surface area contributed by atoms with Gasteiger partial charge in [0.15, 0.2) is 0 Å². The van der Waals surface area contributed by atoms with E-state index in [0.717, 1.165) is 0 Å². The summed E-state index contributed by atoms with van der Waals surface area (Å²) in [5.74, 6) is 3.90. The van der Waals surface area contributed by atoms with Crippen LogP contribution in [0.25, 0.3) is 0 Å². The molecule has 0 unspecified atom stereocenters. The summed E-state index contributed by atoms with van der Waals surface area (Å²) in [6.07, 6.45) is 0. The van der Waals surface area contributed by atoms with Crippen LogP contribution < -0.4 is 16.7 Å². The van der Waals surface area contributed by atoms with E-state index in [0.29, 0.717) is 0 Å². The van der Waals surface area contributed by atoms with Gasteiger partial charge in [0.2, 0.25) is 0 Å². The summed E-state index contributed by atoms with van der Waals surface area (Å²) in [5.41, 5.74) is 3.49. The summed E-state index contributed by atoms with van der Waals surface area (Å²) in [5, 5.41) is 0. The van der Waals surface area contributed by atoms with E-state index >= 15 is 0 Å². The quantitative estimate of drug-likeness (QED) is 0.303. The molecule has 6 nitrogen and oxygen atoms in total. The first-order valence-corrected chi connectivity index (χ1v) is 3.81. The summed E-state index contributed by atoms with van der Waals surface area (Å²) in [4.78, 5) is 26.2. The zero-order valence-corrected chi connectivity index (χ0v) is 8.01. The van der Waals surface area contributed by atoms with Crippen LogP contribution in [0.1, 0.15) is 20.8 Å². The van der Waals surface area contributed by atoms with Crippen molar-refractivity contribution in [1.82, 2.24) is 10.9 Å². The Hall–Kier alpha value is -1.14. The average Bonchev–Trinajstić information content (AvgIpc) is 2.02. The van der Waals surface area contributed by atoms with Crippen molar-refractivity contribution >= 4 is 11.9 Å². The van der Waals surface area contributed by atoms with Gasteiger partial charge in [0, 0.05) is 0 Å². The highest BCUT2D eigenvalue weighted by Gasteiger charge is 2.23. The summed E-state index contributed by atoms with van der Waals surface area (Å²) >= 11 is 0. The lowest BCUT2D eigenvalue weighted by Crippen LogP contribution is -2.40. The van der Waals surface area contributed by atoms with Gasteiger partial charge in [-0.15, -0.1) is 5.48 Å². The Kier molecular flexibility index (Phi) is 4.36. The first-order valence-electron chi connectivity index (χ1n) is 3.81. The monoisotopic (exact) mass is 189 g/mol. The largest absolute Gasteiger partial charge is 0.370 e. The summed E-state index contributed by atoms with van der Waals surface area (Å²) in [6.45, 7) is 4.97. The molecule has 0 saturated heterocycles. The molecule has 0 aliphatic heterocycles. The number of amides is 1. The van der Waals surface area contributed by atoms with Crippen molar-refractivity contribution in [2.45, 2.75) is 20.8 Å². The van der Waals surface area contributed by atoms with Crippen LogP contribution in [-0.2, 0) is 14.4 Å². The van der Waals surface area contributed by atoms with Crippen molar-refractivity contribution in [3.05, 3.63) is 0 Å². The molecule has 0 heterocycles. The topological polar surface area (TPSA) is 93.4 Å². The van der Waals surface area contributed by atoms with Gasteiger partial charge in [-0.05, 0) is 20.8 Å². The Morgan fingerprint density at radius 1 is 1.38 bits per heavy atom. The molecule has 0 fully saturated rings. The Morgan fingerprint density at radius 2 is 1.92 bits per heavy atom. The number of hydrazine groups is 1. The number of carbonyl (C=O) groups excluding carboxylic acids is 2. The van der Waals surface area contributed by atoms with E-state index < -0.39 is 17.3 Å². The Balaban J connectivity index is 3.67. The standard InChI is InChI=1S/C7H15N3O3/c1-7(2,3)6(12)13-9-4-5(11)10-8/h9H,4,8H2,1-3H3,(H,10,11). The second-order valence-electron chi connectivity index (χ2n) is 3.53. The van der Waals surface area contributed by atoms with Crippen molar-refractivity contribution in [3.8, 4) is 0 Å². The third-order valence-electron chi connectivity index (χ3n) is 1.17. The molecule has 6 heteroatoms. The molecular formula is C7H15N3O3. The third-order valence-corrected chi connectivity index (χ3v) is 1.17. The van der Waals surface area contributed by atoms with Crippen molar-refractivity contribution < 1.29 is 14.4 Å². The van der Waals surface area contributed by atoms with E-state index in [9.17, 15) is 9.59 Å². The number of carbonyl (C=O) groups is 2. The molecule has 0 rings (SSSR count). The van der Waals surface area contributed by atoms with Crippen molar-refractivity contribution in [2.24, 2.45) is 11.3 Å². The molecule has 0 aliphatic carbocycles. The number of nitrogens with two attached hydrogens (primary N) is 1. The minimum Gasteiger partial charge on any atom is -0.370 e. The minimum absolute atomic E-state index is 0.154. The van der Waals surface area contributed by atoms with E-state index in [2.05, 4.69) is 10.3 Å². The van der Waals surface area contributed by atoms with Gasteiger partial charge in [-0.2, -0.15) is 0 Å². The summed E-state index contributed by atoms with van der Waals surface area (Å²) < 4.78 is 0. The molecule has 0 saturated carbocycles. The molecule has 4 N–H and O–H groups in total. The normalized spacial score (nSPS) is 10.8. The molecule has 1 amide bonds. The van der Waals surface area contributed by atoms with Crippen molar-refractivity contribution in [1.29, 1.82) is 0 Å². The summed E-state index contributed by atoms with van der Waals surface area (Å²) in [7, 11) is 0.